The van der Waals surface area contributed by atoms with E-state index < -0.39 is 12.1 Å². The van der Waals surface area contributed by atoms with Crippen LogP contribution in [0.25, 0.3) is 0 Å². The van der Waals surface area contributed by atoms with Gasteiger partial charge < -0.3 is 42.2 Å². The van der Waals surface area contributed by atoms with Crippen molar-refractivity contribution in [2.45, 2.75) is 52.1 Å². The Morgan fingerprint density at radius 2 is 1.67 bits per heavy atom. The number of nitrogens with two attached hydrogens (primary N) is 2. The molecule has 0 bridgehead atoms. The highest BCUT2D eigenvalue weighted by molar-refractivity contribution is 5.94. The molecule has 0 radical (unpaired) electrons. The molecule has 0 saturated heterocycles. The molecule has 204 valence electrons. The molecule has 0 saturated carbocycles. The van der Waals surface area contributed by atoms with Crippen LogP contribution < -0.4 is 32.7 Å². The number of aryl methyl sites for hydroxylation is 1. The molecule has 1 aromatic carbocycles. The molecule has 1 rings (SSSR count). The molecule has 0 fully saturated rings. The molecule has 36 heavy (non-hydrogen) atoms. The quantitative estimate of drug-likeness (QED) is 0.151. The first kappa shape index (κ1) is 31.3. The molecule has 2 atom stereocenters. The van der Waals surface area contributed by atoms with Crippen molar-refractivity contribution < 1.29 is 23.9 Å². The fourth-order valence-corrected chi connectivity index (χ4v) is 3.28. The number of primary amides is 1. The minimum absolute atomic E-state index is 0.121. The van der Waals surface area contributed by atoms with Gasteiger partial charge >= 0.3 is 6.03 Å². The highest BCUT2D eigenvalue weighted by atomic mass is 16.5. The van der Waals surface area contributed by atoms with Gasteiger partial charge in [-0.2, -0.15) is 0 Å². The second kappa shape index (κ2) is 18.5. The van der Waals surface area contributed by atoms with E-state index in [1.165, 1.54) is 0 Å². The van der Waals surface area contributed by atoms with Gasteiger partial charge in [0.05, 0.1) is 32.5 Å². The summed E-state index contributed by atoms with van der Waals surface area (Å²) in [5, 5.41) is 11.8. The first-order valence-corrected chi connectivity index (χ1v) is 12.5. The van der Waals surface area contributed by atoms with E-state index in [1.54, 1.807) is 0 Å². The Morgan fingerprint density at radius 1 is 1.00 bits per heavy atom. The normalized spacial score (nSPS) is 12.7. The molecular formula is C25H44N6O5. The van der Waals surface area contributed by atoms with Gasteiger partial charge in [-0.15, -0.1) is 0 Å². The summed E-state index contributed by atoms with van der Waals surface area (Å²) in [7, 11) is 0. The number of carbonyl (C=O) groups excluding carboxylic acids is 3. The van der Waals surface area contributed by atoms with Crippen molar-refractivity contribution in [2.75, 3.05) is 51.4 Å². The lowest BCUT2D eigenvalue weighted by Crippen LogP contribution is -2.50. The van der Waals surface area contributed by atoms with Gasteiger partial charge in [0, 0.05) is 37.8 Å². The number of benzene rings is 1. The zero-order valence-corrected chi connectivity index (χ0v) is 21.8. The third kappa shape index (κ3) is 14.6. The van der Waals surface area contributed by atoms with E-state index in [9.17, 15) is 14.4 Å². The summed E-state index contributed by atoms with van der Waals surface area (Å²) in [6.07, 6.45) is 1.28. The summed E-state index contributed by atoms with van der Waals surface area (Å²) in [6, 6.07) is 6.26. The van der Waals surface area contributed by atoms with Gasteiger partial charge in [-0.25, -0.2) is 4.79 Å². The van der Waals surface area contributed by atoms with E-state index in [0.717, 1.165) is 5.56 Å². The van der Waals surface area contributed by atoms with Gasteiger partial charge in [-0.1, -0.05) is 31.5 Å². The van der Waals surface area contributed by atoms with E-state index in [-0.39, 0.29) is 30.2 Å². The van der Waals surface area contributed by atoms with Crippen LogP contribution in [-0.4, -0.2) is 76.0 Å². The lowest BCUT2D eigenvalue weighted by atomic mass is 10.0. The smallest absolute Gasteiger partial charge is 0.312 e. The van der Waals surface area contributed by atoms with Gasteiger partial charge in [-0.3, -0.25) is 9.59 Å². The number of carbonyl (C=O) groups is 3. The molecule has 0 aliphatic carbocycles. The Hall–Kier alpha value is -2.73. The van der Waals surface area contributed by atoms with Crippen LogP contribution in [0.2, 0.25) is 0 Å². The maximum Gasteiger partial charge on any atom is 0.312 e. The van der Waals surface area contributed by atoms with Crippen LogP contribution in [0.5, 0.6) is 0 Å². The zero-order chi connectivity index (χ0) is 26.8. The maximum atomic E-state index is 13.0. The minimum Gasteiger partial charge on any atom is -0.379 e. The summed E-state index contributed by atoms with van der Waals surface area (Å²) in [5.74, 6) is -0.161. The third-order valence-electron chi connectivity index (χ3n) is 5.45. The fraction of sp³-hybridized carbons (Fsp3) is 0.640. The molecule has 0 aromatic heterocycles. The molecule has 4 amide bonds. The predicted molar refractivity (Wildman–Crippen MR) is 140 cm³/mol. The first-order chi connectivity index (χ1) is 17.2. The average Bonchev–Trinajstić information content (AvgIpc) is 2.83. The summed E-state index contributed by atoms with van der Waals surface area (Å²) < 4.78 is 10.7. The molecule has 0 aliphatic rings. The van der Waals surface area contributed by atoms with Crippen molar-refractivity contribution in [3.8, 4) is 0 Å². The lowest BCUT2D eigenvalue weighted by Gasteiger charge is -2.26. The van der Waals surface area contributed by atoms with Crippen LogP contribution in [0.4, 0.5) is 10.5 Å². The number of hydrogen-bond donors (Lipinski definition) is 6. The number of hydrogen-bond acceptors (Lipinski definition) is 7. The van der Waals surface area contributed by atoms with Crippen molar-refractivity contribution in [3.05, 3.63) is 29.8 Å². The standard InChI is InChI=1S/C25H44N6O5/c1-18(2)22(31-23(32)10-13-35-15-16-36-14-11-26)17-29-21(5-4-12-28-25(27)34)24(33)30-20-8-6-19(3)7-9-20/h6-9,18,21-22,29H,4-5,10-17,26H2,1-3H3,(H,30,33)(H,31,32)(H3,27,28,34)/t21-,22+/m0/s1. The minimum atomic E-state index is -0.599. The highest BCUT2D eigenvalue weighted by Crippen LogP contribution is 2.11. The van der Waals surface area contributed by atoms with Crippen LogP contribution in [0.15, 0.2) is 24.3 Å². The van der Waals surface area contributed by atoms with Gasteiger partial charge in [-0.05, 0) is 37.8 Å². The summed E-state index contributed by atoms with van der Waals surface area (Å²) in [6.45, 7) is 8.87. The zero-order valence-electron chi connectivity index (χ0n) is 21.8. The monoisotopic (exact) mass is 508 g/mol. The number of amides is 4. The van der Waals surface area contributed by atoms with Gasteiger partial charge in [0.2, 0.25) is 11.8 Å². The van der Waals surface area contributed by atoms with Crippen LogP contribution >= 0.6 is 0 Å². The van der Waals surface area contributed by atoms with Crippen molar-refractivity contribution in [1.29, 1.82) is 0 Å². The fourth-order valence-electron chi connectivity index (χ4n) is 3.28. The molecule has 11 heteroatoms. The molecule has 0 aliphatic heterocycles. The lowest BCUT2D eigenvalue weighted by molar-refractivity contribution is -0.123. The Kier molecular flexibility index (Phi) is 16.1. The Balaban J connectivity index is 2.59. The van der Waals surface area contributed by atoms with E-state index in [1.807, 2.05) is 45.0 Å². The second-order valence-corrected chi connectivity index (χ2v) is 8.93. The Bertz CT molecular complexity index is 775. The van der Waals surface area contributed by atoms with Crippen LogP contribution in [0, 0.1) is 12.8 Å². The number of nitrogens with one attached hydrogen (secondary N) is 4. The summed E-state index contributed by atoms with van der Waals surface area (Å²) in [4.78, 5) is 36.4. The van der Waals surface area contributed by atoms with Crippen LogP contribution in [0.1, 0.15) is 38.7 Å². The van der Waals surface area contributed by atoms with Crippen molar-refractivity contribution >= 4 is 23.5 Å². The van der Waals surface area contributed by atoms with Crippen LogP contribution in [-0.2, 0) is 19.1 Å². The van der Waals surface area contributed by atoms with E-state index in [2.05, 4.69) is 21.3 Å². The summed E-state index contributed by atoms with van der Waals surface area (Å²) in [5.41, 5.74) is 12.3. The van der Waals surface area contributed by atoms with Crippen LogP contribution in [0.3, 0.4) is 0 Å². The maximum absolute atomic E-state index is 13.0. The van der Waals surface area contributed by atoms with E-state index >= 15 is 0 Å². The first-order valence-electron chi connectivity index (χ1n) is 12.5. The van der Waals surface area contributed by atoms with Gasteiger partial charge in [0.1, 0.15) is 0 Å². The van der Waals surface area contributed by atoms with Crippen molar-refractivity contribution in [1.82, 2.24) is 16.0 Å². The topological polar surface area (TPSA) is 170 Å². The number of rotatable bonds is 19. The van der Waals surface area contributed by atoms with E-state index in [0.29, 0.717) is 64.6 Å². The SMILES string of the molecule is Cc1ccc(NC(=O)[C@H](CCCNC(N)=O)NC[C@@H](NC(=O)CCOCCOCCN)C(C)C)cc1. The Labute approximate surface area is 214 Å². The largest absolute Gasteiger partial charge is 0.379 e. The van der Waals surface area contributed by atoms with E-state index in [4.69, 9.17) is 20.9 Å². The molecular weight excluding hydrogens is 464 g/mol. The van der Waals surface area contributed by atoms with Crippen molar-refractivity contribution in [3.63, 3.8) is 0 Å². The van der Waals surface area contributed by atoms with Crippen molar-refractivity contribution in [2.24, 2.45) is 17.4 Å². The molecule has 0 heterocycles. The predicted octanol–water partition coefficient (Wildman–Crippen LogP) is 0.863. The van der Waals surface area contributed by atoms with Gasteiger partial charge in [0.25, 0.3) is 0 Å². The average molecular weight is 509 g/mol. The molecule has 1 aromatic rings. The second-order valence-electron chi connectivity index (χ2n) is 8.93. The number of urea groups is 1. The third-order valence-corrected chi connectivity index (χ3v) is 5.45. The molecule has 0 unspecified atom stereocenters. The number of anilines is 1. The molecule has 8 N–H and O–H groups in total. The van der Waals surface area contributed by atoms with Gasteiger partial charge in [0.15, 0.2) is 0 Å². The molecule has 11 nitrogen and oxygen atoms in total. The number of ether oxygens (including phenoxy) is 2. The Morgan fingerprint density at radius 3 is 2.28 bits per heavy atom. The highest BCUT2D eigenvalue weighted by Gasteiger charge is 2.22. The molecule has 0 spiro atoms. The summed E-state index contributed by atoms with van der Waals surface area (Å²) >= 11 is 0.